The van der Waals surface area contributed by atoms with E-state index in [2.05, 4.69) is 38.2 Å². The topological polar surface area (TPSA) is 112 Å². The predicted molar refractivity (Wildman–Crippen MR) is 229 cm³/mol. The van der Waals surface area contributed by atoms with Crippen molar-refractivity contribution in [2.24, 2.45) is 0 Å². The van der Waals surface area contributed by atoms with Gasteiger partial charge in [0.2, 0.25) is 0 Å². The van der Waals surface area contributed by atoms with E-state index >= 15 is 0 Å². The maximum Gasteiger partial charge on any atom is 0.472 e. The number of esters is 2. The van der Waals surface area contributed by atoms with E-state index in [0.717, 1.165) is 57.8 Å². The fraction of sp³-hybridized carbons (Fsp3) is 0.867. The van der Waals surface area contributed by atoms with Gasteiger partial charge in [0.25, 0.3) is 0 Å². The third-order valence-electron chi connectivity index (χ3n) is 9.73. The lowest BCUT2D eigenvalue weighted by molar-refractivity contribution is -0.161. The average Bonchev–Trinajstić information content (AvgIpc) is 3.15. The first-order chi connectivity index (χ1) is 26.7. The van der Waals surface area contributed by atoms with E-state index in [0.29, 0.717) is 13.0 Å². The second kappa shape index (κ2) is 40.7. The van der Waals surface area contributed by atoms with Crippen LogP contribution in [0.5, 0.6) is 0 Å². The van der Waals surface area contributed by atoms with E-state index in [9.17, 15) is 19.0 Å². The molecule has 0 rings (SSSR count). The van der Waals surface area contributed by atoms with Crippen molar-refractivity contribution in [2.45, 2.75) is 213 Å². The van der Waals surface area contributed by atoms with E-state index in [4.69, 9.17) is 18.5 Å². The Kier molecular flexibility index (Phi) is 39.6. The Bertz CT molecular complexity index is 973. The molecule has 0 radical (unpaired) electrons. The zero-order valence-electron chi connectivity index (χ0n) is 36.1. The lowest BCUT2D eigenvalue weighted by Crippen LogP contribution is -2.29. The van der Waals surface area contributed by atoms with E-state index in [-0.39, 0.29) is 32.0 Å². The lowest BCUT2D eigenvalue weighted by Gasteiger charge is -2.20. The normalized spacial score (nSPS) is 13.6. The molecule has 9 nitrogen and oxygen atoms in total. The summed E-state index contributed by atoms with van der Waals surface area (Å²) in [7, 11) is -0.711. The number of phosphoric acid groups is 1. The fourth-order valence-corrected chi connectivity index (χ4v) is 6.93. The van der Waals surface area contributed by atoms with E-state index < -0.39 is 26.5 Å². The molecule has 0 saturated heterocycles. The molecule has 55 heavy (non-hydrogen) atoms. The highest BCUT2D eigenvalue weighted by Crippen LogP contribution is 2.43. The quantitative estimate of drug-likeness (QED) is 0.0279. The summed E-state index contributed by atoms with van der Waals surface area (Å²) in [5.41, 5.74) is 0. The molecule has 0 aliphatic rings. The summed E-state index contributed by atoms with van der Waals surface area (Å²) in [6.07, 6.45) is 42.3. The van der Waals surface area contributed by atoms with Crippen molar-refractivity contribution in [3.8, 4) is 0 Å². The molecule has 10 heteroatoms. The first-order valence-corrected chi connectivity index (χ1v) is 24.1. The van der Waals surface area contributed by atoms with Crippen LogP contribution in [0.2, 0.25) is 0 Å². The van der Waals surface area contributed by atoms with Gasteiger partial charge in [0.1, 0.15) is 6.61 Å². The lowest BCUT2D eigenvalue weighted by atomic mass is 10.0. The largest absolute Gasteiger partial charge is 0.472 e. The number of hydrogen-bond donors (Lipinski definition) is 1. The zero-order valence-corrected chi connectivity index (χ0v) is 37.0. The Hall–Kier alpha value is -1.51. The van der Waals surface area contributed by atoms with Crippen molar-refractivity contribution in [3.63, 3.8) is 0 Å². The highest BCUT2D eigenvalue weighted by atomic mass is 31.2. The van der Waals surface area contributed by atoms with Gasteiger partial charge < -0.3 is 19.3 Å². The number of rotatable bonds is 42. The number of nitrogens with zero attached hydrogens (tertiary/aromatic N) is 1. The first-order valence-electron chi connectivity index (χ1n) is 22.6. The molecule has 0 aromatic heterocycles. The number of phosphoric ester groups is 1. The van der Waals surface area contributed by atoms with Crippen molar-refractivity contribution in [1.82, 2.24) is 4.90 Å². The third kappa shape index (κ3) is 41.9. The maximum absolute atomic E-state index is 12.6. The van der Waals surface area contributed by atoms with Crippen LogP contribution in [0.25, 0.3) is 0 Å². The van der Waals surface area contributed by atoms with Crippen LogP contribution < -0.4 is 0 Å². The number of unbranched alkanes of at least 4 members (excludes halogenated alkanes) is 24. The first kappa shape index (κ1) is 53.5. The number of likely N-dealkylation sites (N-methyl/N-ethyl adjacent to an activating group) is 1. The zero-order chi connectivity index (χ0) is 40.5. The second-order valence-electron chi connectivity index (χ2n) is 15.6. The summed E-state index contributed by atoms with van der Waals surface area (Å²) in [6.45, 7) is 4.28. The molecule has 0 bridgehead atoms. The summed E-state index contributed by atoms with van der Waals surface area (Å²) >= 11 is 0. The minimum Gasteiger partial charge on any atom is -0.462 e. The summed E-state index contributed by atoms with van der Waals surface area (Å²) < 4.78 is 33.4. The van der Waals surface area contributed by atoms with Crippen LogP contribution >= 0.6 is 7.82 Å². The number of carbonyl (C=O) groups excluding carboxylic acids is 2. The maximum atomic E-state index is 12.6. The highest BCUT2D eigenvalue weighted by Gasteiger charge is 2.26. The van der Waals surface area contributed by atoms with Gasteiger partial charge in [-0.05, 0) is 71.9 Å². The minimum atomic E-state index is -4.36. The minimum absolute atomic E-state index is 0.00699. The van der Waals surface area contributed by atoms with E-state index in [1.165, 1.54) is 116 Å². The van der Waals surface area contributed by atoms with Crippen molar-refractivity contribution >= 4 is 19.8 Å². The van der Waals surface area contributed by atoms with E-state index in [1.54, 1.807) is 0 Å². The van der Waals surface area contributed by atoms with Gasteiger partial charge in [0.05, 0.1) is 13.2 Å². The van der Waals surface area contributed by atoms with E-state index in [1.807, 2.05) is 19.0 Å². The Labute approximate surface area is 338 Å². The molecule has 0 aromatic carbocycles. The number of carbonyl (C=O) groups is 2. The van der Waals surface area contributed by atoms with Crippen molar-refractivity contribution in [1.29, 1.82) is 0 Å². The van der Waals surface area contributed by atoms with Crippen molar-refractivity contribution in [2.75, 3.05) is 40.5 Å². The van der Waals surface area contributed by atoms with Gasteiger partial charge in [0, 0.05) is 19.4 Å². The molecule has 2 unspecified atom stereocenters. The SMILES string of the molecule is CCCC/C=C\CCCCCCCC(=O)OC(COC(=O)CCCCCCCCCCCCC/C=C\CCCCCCCC)COP(=O)(O)OCCN(C)C. The third-order valence-corrected chi connectivity index (χ3v) is 10.7. The van der Waals surface area contributed by atoms with Crippen LogP contribution in [0.4, 0.5) is 0 Å². The Morgan fingerprint density at radius 1 is 0.545 bits per heavy atom. The summed E-state index contributed by atoms with van der Waals surface area (Å²) in [6, 6.07) is 0. The fourth-order valence-electron chi connectivity index (χ4n) is 6.19. The number of ether oxygens (including phenoxy) is 2. The Balaban J connectivity index is 4.16. The van der Waals surface area contributed by atoms with Gasteiger partial charge >= 0.3 is 19.8 Å². The second-order valence-corrected chi connectivity index (χ2v) is 17.0. The number of allylic oxidation sites excluding steroid dienone is 4. The van der Waals surface area contributed by atoms with Crippen LogP contribution in [0.3, 0.4) is 0 Å². The molecule has 2 atom stereocenters. The predicted octanol–water partition coefficient (Wildman–Crippen LogP) is 13.0. The van der Waals surface area contributed by atoms with Gasteiger partial charge in [-0.2, -0.15) is 0 Å². The van der Waals surface area contributed by atoms with Gasteiger partial charge in [-0.25, -0.2) is 4.57 Å². The summed E-state index contributed by atoms with van der Waals surface area (Å²) in [4.78, 5) is 37.0. The highest BCUT2D eigenvalue weighted by molar-refractivity contribution is 7.47. The molecule has 0 spiro atoms. The Morgan fingerprint density at radius 3 is 1.40 bits per heavy atom. The average molecular weight is 800 g/mol. The Morgan fingerprint density at radius 2 is 0.945 bits per heavy atom. The van der Waals surface area contributed by atoms with Crippen LogP contribution in [0.15, 0.2) is 24.3 Å². The van der Waals surface area contributed by atoms with Gasteiger partial charge in [-0.1, -0.05) is 160 Å². The molecule has 0 aliphatic heterocycles. The van der Waals surface area contributed by atoms with Crippen molar-refractivity contribution < 1.29 is 37.6 Å². The number of hydrogen-bond acceptors (Lipinski definition) is 8. The molecule has 0 amide bonds. The van der Waals surface area contributed by atoms with Gasteiger partial charge in [-0.3, -0.25) is 18.6 Å². The van der Waals surface area contributed by atoms with Crippen LogP contribution in [0, 0.1) is 0 Å². The molecule has 0 aromatic rings. The monoisotopic (exact) mass is 800 g/mol. The van der Waals surface area contributed by atoms with Crippen LogP contribution in [-0.4, -0.2) is 68.3 Å². The van der Waals surface area contributed by atoms with Crippen LogP contribution in [-0.2, 0) is 32.7 Å². The van der Waals surface area contributed by atoms with Crippen molar-refractivity contribution in [3.05, 3.63) is 24.3 Å². The summed E-state index contributed by atoms with van der Waals surface area (Å²) in [5.74, 6) is -0.810. The van der Waals surface area contributed by atoms with Gasteiger partial charge in [0.15, 0.2) is 6.10 Å². The molecule has 0 fully saturated rings. The van der Waals surface area contributed by atoms with Crippen LogP contribution in [0.1, 0.15) is 206 Å². The molecule has 0 aliphatic carbocycles. The standard InChI is InChI=1S/C45H86NO8P/c1-5-7-9-11-13-15-17-18-19-20-21-22-23-24-25-26-28-29-31-33-35-37-44(47)51-41-43(42-53-55(49,50)52-40-39-46(3)4)54-45(48)38-36-34-32-30-27-16-14-12-10-8-6-2/h12,14,18-19,43H,5-11,13,15-17,20-42H2,1-4H3,(H,49,50)/b14-12-,19-18-. The molecular weight excluding hydrogens is 713 g/mol. The smallest absolute Gasteiger partial charge is 0.462 e. The molecule has 324 valence electrons. The van der Waals surface area contributed by atoms with Gasteiger partial charge in [-0.15, -0.1) is 0 Å². The molecule has 0 saturated carbocycles. The molecule has 1 N–H and O–H groups in total. The molecule has 0 heterocycles. The summed E-state index contributed by atoms with van der Waals surface area (Å²) in [5, 5.41) is 0. The molecular formula is C45H86NO8P.